The highest BCUT2D eigenvalue weighted by Crippen LogP contribution is 2.25. The van der Waals surface area contributed by atoms with Crippen molar-refractivity contribution in [3.8, 4) is 11.4 Å². The molecule has 3 aromatic rings. The summed E-state index contributed by atoms with van der Waals surface area (Å²) in [6.45, 7) is 6.93. The molecule has 0 radical (unpaired) electrons. The lowest BCUT2D eigenvalue weighted by molar-refractivity contribution is -0.127. The van der Waals surface area contributed by atoms with Crippen molar-refractivity contribution in [2.45, 2.75) is 25.9 Å². The molecule has 0 fully saturated rings. The first kappa shape index (κ1) is 22.2. The van der Waals surface area contributed by atoms with Gasteiger partial charge in [-0.15, -0.1) is 10.2 Å². The molecule has 0 N–H and O–H groups in total. The van der Waals surface area contributed by atoms with Crippen LogP contribution >= 0.6 is 23.4 Å². The predicted octanol–water partition coefficient (Wildman–Crippen LogP) is 4.48. The second-order valence-corrected chi connectivity index (χ2v) is 8.44. The van der Waals surface area contributed by atoms with E-state index >= 15 is 0 Å². The van der Waals surface area contributed by atoms with Gasteiger partial charge in [-0.3, -0.25) is 9.36 Å². The van der Waals surface area contributed by atoms with Gasteiger partial charge in [0, 0.05) is 12.1 Å². The largest absolute Gasteiger partial charge is 0.492 e. The smallest absolute Gasteiger partial charge is 0.232 e. The Hall–Kier alpha value is -2.51. The third kappa shape index (κ3) is 5.55. The normalized spacial score (nSPS) is 10.8. The Labute approximate surface area is 186 Å². The van der Waals surface area contributed by atoms with Gasteiger partial charge in [0.15, 0.2) is 5.16 Å². The highest BCUT2D eigenvalue weighted by molar-refractivity contribution is 7.99. The Morgan fingerprint density at radius 2 is 1.87 bits per heavy atom. The van der Waals surface area contributed by atoms with Crippen LogP contribution in [-0.4, -0.2) is 51.5 Å². The van der Waals surface area contributed by atoms with Crippen molar-refractivity contribution < 1.29 is 9.53 Å². The molecule has 30 heavy (non-hydrogen) atoms. The van der Waals surface area contributed by atoms with Gasteiger partial charge in [0.05, 0.1) is 18.0 Å². The van der Waals surface area contributed by atoms with Gasteiger partial charge in [0.1, 0.15) is 18.2 Å². The van der Waals surface area contributed by atoms with Gasteiger partial charge in [-0.1, -0.05) is 35.5 Å². The molecule has 0 saturated carbocycles. The van der Waals surface area contributed by atoms with Crippen LogP contribution in [0.2, 0.25) is 5.02 Å². The van der Waals surface area contributed by atoms with E-state index in [1.807, 2.05) is 23.6 Å². The van der Waals surface area contributed by atoms with Crippen LogP contribution in [0, 0.1) is 20.8 Å². The van der Waals surface area contributed by atoms with Crippen LogP contribution in [0.1, 0.15) is 17.0 Å². The van der Waals surface area contributed by atoms with E-state index in [9.17, 15) is 4.79 Å². The number of aromatic nitrogens is 3. The van der Waals surface area contributed by atoms with E-state index in [4.69, 9.17) is 16.3 Å². The standard InChI is InChI=1S/C22H25ClN4O2S/c1-15-5-6-16(2)20(13-15)27-17(3)24-25-22(27)30-14-21(28)26(4)11-12-29-19-9-7-18(23)8-10-19/h5-10,13H,11-12,14H2,1-4H3. The maximum Gasteiger partial charge on any atom is 0.232 e. The molecule has 0 spiro atoms. The number of ether oxygens (including phenoxy) is 1. The average molecular weight is 445 g/mol. The Bertz CT molecular complexity index is 1020. The van der Waals surface area contributed by atoms with Crippen molar-refractivity contribution in [1.29, 1.82) is 0 Å². The number of aryl methyl sites for hydroxylation is 3. The first-order valence-corrected chi connectivity index (χ1v) is 11.0. The Morgan fingerprint density at radius 3 is 2.60 bits per heavy atom. The van der Waals surface area contributed by atoms with E-state index < -0.39 is 0 Å². The molecule has 0 atom stereocenters. The highest BCUT2D eigenvalue weighted by Gasteiger charge is 2.16. The second kappa shape index (κ2) is 10.00. The lowest BCUT2D eigenvalue weighted by atomic mass is 10.1. The van der Waals surface area contributed by atoms with Crippen molar-refractivity contribution in [3.05, 3.63) is 64.4 Å². The highest BCUT2D eigenvalue weighted by atomic mass is 35.5. The van der Waals surface area contributed by atoms with Crippen LogP contribution in [-0.2, 0) is 4.79 Å². The summed E-state index contributed by atoms with van der Waals surface area (Å²) in [5.74, 6) is 1.81. The maximum absolute atomic E-state index is 12.6. The van der Waals surface area contributed by atoms with Gasteiger partial charge in [0.2, 0.25) is 5.91 Å². The van der Waals surface area contributed by atoms with Crippen LogP contribution < -0.4 is 4.74 Å². The zero-order valence-electron chi connectivity index (χ0n) is 17.6. The summed E-state index contributed by atoms with van der Waals surface area (Å²) in [4.78, 5) is 14.2. The number of hydrogen-bond donors (Lipinski definition) is 0. The summed E-state index contributed by atoms with van der Waals surface area (Å²) < 4.78 is 7.67. The summed E-state index contributed by atoms with van der Waals surface area (Å²) in [5, 5.41) is 9.86. The van der Waals surface area contributed by atoms with Crippen molar-refractivity contribution in [1.82, 2.24) is 19.7 Å². The molecule has 1 amide bonds. The number of likely N-dealkylation sites (N-methyl/N-ethyl adjacent to an activating group) is 1. The number of rotatable bonds is 8. The Balaban J connectivity index is 1.57. The number of carbonyl (C=O) groups excluding carboxylic acids is 1. The Morgan fingerprint density at radius 1 is 1.13 bits per heavy atom. The summed E-state index contributed by atoms with van der Waals surface area (Å²) >= 11 is 7.26. The molecule has 0 bridgehead atoms. The number of thioether (sulfide) groups is 1. The quantitative estimate of drug-likeness (QED) is 0.479. The molecule has 2 aromatic carbocycles. The van der Waals surface area contributed by atoms with E-state index in [1.54, 1.807) is 24.1 Å². The van der Waals surface area contributed by atoms with Crippen LogP contribution in [0.15, 0.2) is 47.6 Å². The molecule has 0 aliphatic heterocycles. The molecule has 158 valence electrons. The number of nitrogens with zero attached hydrogens (tertiary/aromatic N) is 4. The average Bonchev–Trinajstić information content (AvgIpc) is 3.09. The minimum atomic E-state index is 0.00729. The summed E-state index contributed by atoms with van der Waals surface area (Å²) in [7, 11) is 1.77. The van der Waals surface area contributed by atoms with Gasteiger partial charge in [-0.05, 0) is 62.2 Å². The monoisotopic (exact) mass is 444 g/mol. The van der Waals surface area contributed by atoms with E-state index in [2.05, 4.69) is 42.2 Å². The number of amides is 1. The van der Waals surface area contributed by atoms with Crippen LogP contribution in [0.3, 0.4) is 0 Å². The summed E-state index contributed by atoms with van der Waals surface area (Å²) in [6.07, 6.45) is 0. The molecule has 1 heterocycles. The van der Waals surface area contributed by atoms with Gasteiger partial charge < -0.3 is 9.64 Å². The molecule has 0 aliphatic carbocycles. The molecule has 1 aromatic heterocycles. The zero-order chi connectivity index (χ0) is 21.7. The molecule has 8 heteroatoms. The zero-order valence-corrected chi connectivity index (χ0v) is 19.1. The van der Waals surface area contributed by atoms with Gasteiger partial charge in [-0.2, -0.15) is 0 Å². The minimum absolute atomic E-state index is 0.00729. The molecular formula is C22H25ClN4O2S. The fourth-order valence-electron chi connectivity index (χ4n) is 2.87. The predicted molar refractivity (Wildman–Crippen MR) is 121 cm³/mol. The lowest BCUT2D eigenvalue weighted by Gasteiger charge is -2.17. The fraction of sp³-hybridized carbons (Fsp3) is 0.318. The first-order valence-electron chi connectivity index (χ1n) is 9.60. The lowest BCUT2D eigenvalue weighted by Crippen LogP contribution is -2.32. The number of carbonyl (C=O) groups is 1. The SMILES string of the molecule is Cc1ccc(C)c(-n2c(C)nnc2SCC(=O)N(C)CCOc2ccc(Cl)cc2)c1. The molecule has 0 aliphatic rings. The van der Waals surface area contributed by atoms with E-state index in [0.717, 1.165) is 28.4 Å². The summed E-state index contributed by atoms with van der Waals surface area (Å²) in [5.41, 5.74) is 3.33. The van der Waals surface area contributed by atoms with Gasteiger partial charge >= 0.3 is 0 Å². The minimum Gasteiger partial charge on any atom is -0.492 e. The maximum atomic E-state index is 12.6. The summed E-state index contributed by atoms with van der Waals surface area (Å²) in [6, 6.07) is 13.4. The molecule has 0 saturated heterocycles. The molecular weight excluding hydrogens is 420 g/mol. The second-order valence-electron chi connectivity index (χ2n) is 7.06. The topological polar surface area (TPSA) is 60.2 Å². The van der Waals surface area contributed by atoms with Crippen molar-refractivity contribution >= 4 is 29.3 Å². The van der Waals surface area contributed by atoms with Crippen LogP contribution in [0.25, 0.3) is 5.69 Å². The Kier molecular flexibility index (Phi) is 7.39. The van der Waals surface area contributed by atoms with Gasteiger partial charge in [-0.25, -0.2) is 0 Å². The van der Waals surface area contributed by atoms with Crippen LogP contribution in [0.4, 0.5) is 0 Å². The molecule has 3 rings (SSSR count). The van der Waals surface area contributed by atoms with Crippen molar-refractivity contribution in [2.75, 3.05) is 26.0 Å². The third-order valence-corrected chi connectivity index (χ3v) is 5.83. The van der Waals surface area contributed by atoms with Crippen molar-refractivity contribution in [3.63, 3.8) is 0 Å². The van der Waals surface area contributed by atoms with E-state index in [-0.39, 0.29) is 11.7 Å². The fourth-order valence-corrected chi connectivity index (χ4v) is 3.92. The van der Waals surface area contributed by atoms with E-state index in [0.29, 0.717) is 23.3 Å². The first-order chi connectivity index (χ1) is 14.3. The van der Waals surface area contributed by atoms with Gasteiger partial charge in [0.25, 0.3) is 0 Å². The van der Waals surface area contributed by atoms with Crippen molar-refractivity contribution in [2.24, 2.45) is 0 Å². The number of hydrogen-bond acceptors (Lipinski definition) is 5. The third-order valence-electron chi connectivity index (χ3n) is 4.66. The van der Waals surface area contributed by atoms with Crippen LogP contribution in [0.5, 0.6) is 5.75 Å². The number of halogens is 1. The molecule has 0 unspecified atom stereocenters. The number of benzene rings is 2. The van der Waals surface area contributed by atoms with E-state index in [1.165, 1.54) is 11.8 Å². The molecule has 6 nitrogen and oxygen atoms in total.